The molecular formula is C19H28N2O3. The monoisotopic (exact) mass is 332 g/mol. The molecule has 5 heteroatoms. The van der Waals surface area contributed by atoms with E-state index in [0.29, 0.717) is 0 Å². The fourth-order valence-corrected chi connectivity index (χ4v) is 4.03. The van der Waals surface area contributed by atoms with Crippen LogP contribution in [0.1, 0.15) is 42.6 Å². The fourth-order valence-electron chi connectivity index (χ4n) is 4.03. The van der Waals surface area contributed by atoms with Crippen LogP contribution in [0.2, 0.25) is 0 Å². The molecule has 3 heterocycles. The molecule has 1 atom stereocenters. The average Bonchev–Trinajstić information content (AvgIpc) is 3.18. The van der Waals surface area contributed by atoms with Crippen LogP contribution in [0.25, 0.3) is 0 Å². The molecule has 1 spiro atoms. The van der Waals surface area contributed by atoms with E-state index in [1.54, 1.807) is 0 Å². The number of likely N-dealkylation sites (tertiary alicyclic amines) is 1. The van der Waals surface area contributed by atoms with Gasteiger partial charge in [0, 0.05) is 32.9 Å². The third kappa shape index (κ3) is 3.38. The molecule has 24 heavy (non-hydrogen) atoms. The number of aromatic nitrogens is 1. The lowest BCUT2D eigenvalue weighted by Gasteiger charge is -2.38. The van der Waals surface area contributed by atoms with Crippen LogP contribution in [-0.4, -0.2) is 54.4 Å². The van der Waals surface area contributed by atoms with Crippen molar-refractivity contribution in [3.8, 4) is 0 Å². The van der Waals surface area contributed by atoms with Crippen molar-refractivity contribution in [1.29, 1.82) is 0 Å². The summed E-state index contributed by atoms with van der Waals surface area (Å²) in [7, 11) is 1.93. The van der Waals surface area contributed by atoms with E-state index in [1.165, 1.54) is 12.8 Å². The predicted octanol–water partition coefficient (Wildman–Crippen LogP) is 2.46. The molecule has 1 unspecified atom stereocenters. The maximum Gasteiger partial charge on any atom is 0.270 e. The smallest absolute Gasteiger partial charge is 0.270 e. The number of rotatable bonds is 5. The average molecular weight is 332 g/mol. The van der Waals surface area contributed by atoms with Gasteiger partial charge in [-0.1, -0.05) is 0 Å². The first-order valence-corrected chi connectivity index (χ1v) is 9.25. The van der Waals surface area contributed by atoms with Gasteiger partial charge in [-0.2, -0.15) is 0 Å². The minimum absolute atomic E-state index is 0.153. The second-order valence-corrected chi connectivity index (χ2v) is 7.91. The minimum Gasteiger partial charge on any atom is -0.378 e. The number of amides is 1. The first-order chi connectivity index (χ1) is 11.7. The zero-order chi connectivity index (χ0) is 16.6. The zero-order valence-corrected chi connectivity index (χ0v) is 14.6. The Morgan fingerprint density at radius 1 is 1.33 bits per heavy atom. The number of aryl methyl sites for hydroxylation is 1. The maximum atomic E-state index is 12.6. The van der Waals surface area contributed by atoms with Crippen LogP contribution in [0.4, 0.5) is 0 Å². The molecule has 0 aromatic carbocycles. The molecule has 1 aromatic heterocycles. The third-order valence-corrected chi connectivity index (χ3v) is 5.91. The quantitative estimate of drug-likeness (QED) is 0.832. The topological polar surface area (TPSA) is 43.7 Å². The van der Waals surface area contributed by atoms with E-state index < -0.39 is 0 Å². The number of ether oxygens (including phenoxy) is 2. The van der Waals surface area contributed by atoms with Crippen LogP contribution >= 0.6 is 0 Å². The number of nitrogens with zero attached hydrogens (tertiary/aromatic N) is 2. The molecule has 2 saturated heterocycles. The maximum absolute atomic E-state index is 12.6. The van der Waals surface area contributed by atoms with Crippen molar-refractivity contribution in [3.63, 3.8) is 0 Å². The molecule has 1 amide bonds. The summed E-state index contributed by atoms with van der Waals surface area (Å²) in [5.41, 5.74) is 1.04. The third-order valence-electron chi connectivity index (χ3n) is 5.91. The van der Waals surface area contributed by atoms with Crippen LogP contribution in [-0.2, 0) is 16.5 Å². The summed E-state index contributed by atoms with van der Waals surface area (Å²) >= 11 is 0. The van der Waals surface area contributed by atoms with Gasteiger partial charge in [-0.15, -0.1) is 0 Å². The largest absolute Gasteiger partial charge is 0.378 e. The van der Waals surface area contributed by atoms with Gasteiger partial charge < -0.3 is 18.9 Å². The summed E-state index contributed by atoms with van der Waals surface area (Å²) in [4.78, 5) is 14.6. The van der Waals surface area contributed by atoms with E-state index in [2.05, 4.69) is 0 Å². The van der Waals surface area contributed by atoms with Crippen LogP contribution in [0.5, 0.6) is 0 Å². The Bertz CT molecular complexity index is 585. The molecule has 0 bridgehead atoms. The summed E-state index contributed by atoms with van der Waals surface area (Å²) < 4.78 is 13.7. The van der Waals surface area contributed by atoms with Gasteiger partial charge in [0.1, 0.15) is 5.69 Å². The molecule has 0 N–H and O–H groups in total. The first kappa shape index (κ1) is 16.2. The van der Waals surface area contributed by atoms with Crippen molar-refractivity contribution in [2.24, 2.45) is 18.4 Å². The van der Waals surface area contributed by atoms with Gasteiger partial charge in [0.05, 0.1) is 19.3 Å². The molecule has 5 nitrogen and oxygen atoms in total. The summed E-state index contributed by atoms with van der Waals surface area (Å²) in [6.07, 6.45) is 8.02. The molecule has 3 fully saturated rings. The Morgan fingerprint density at radius 2 is 2.12 bits per heavy atom. The standard InChI is InChI=1S/C19H28N2O3/c1-20-8-2-3-17(20)18(22)21-9-6-19(7-10-21)11-16(24-14-19)13-23-12-15-4-5-15/h2-3,8,15-16H,4-7,9-14H2,1H3. The lowest BCUT2D eigenvalue weighted by atomic mass is 9.76. The Labute approximate surface area is 143 Å². The van der Waals surface area contributed by atoms with Crippen molar-refractivity contribution in [2.75, 3.05) is 32.9 Å². The van der Waals surface area contributed by atoms with Gasteiger partial charge in [0.2, 0.25) is 0 Å². The summed E-state index contributed by atoms with van der Waals surface area (Å²) in [6.45, 7) is 4.15. The predicted molar refractivity (Wildman–Crippen MR) is 90.9 cm³/mol. The molecule has 0 radical (unpaired) electrons. The second-order valence-electron chi connectivity index (χ2n) is 7.91. The normalized spacial score (nSPS) is 26.2. The fraction of sp³-hybridized carbons (Fsp3) is 0.737. The molecule has 1 aromatic rings. The Morgan fingerprint density at radius 3 is 2.79 bits per heavy atom. The van der Waals surface area contributed by atoms with Gasteiger partial charge in [-0.05, 0) is 55.6 Å². The van der Waals surface area contributed by atoms with Gasteiger partial charge in [-0.3, -0.25) is 4.79 Å². The van der Waals surface area contributed by atoms with Crippen LogP contribution < -0.4 is 0 Å². The van der Waals surface area contributed by atoms with Crippen molar-refractivity contribution in [1.82, 2.24) is 9.47 Å². The van der Waals surface area contributed by atoms with Gasteiger partial charge in [0.15, 0.2) is 0 Å². The summed E-state index contributed by atoms with van der Waals surface area (Å²) in [6, 6.07) is 3.83. The van der Waals surface area contributed by atoms with E-state index in [0.717, 1.165) is 63.8 Å². The van der Waals surface area contributed by atoms with Crippen molar-refractivity contribution < 1.29 is 14.3 Å². The highest BCUT2D eigenvalue weighted by Crippen LogP contribution is 2.42. The van der Waals surface area contributed by atoms with Gasteiger partial charge >= 0.3 is 0 Å². The van der Waals surface area contributed by atoms with E-state index in [4.69, 9.17) is 9.47 Å². The zero-order valence-electron chi connectivity index (χ0n) is 14.6. The van der Waals surface area contributed by atoms with E-state index >= 15 is 0 Å². The van der Waals surface area contributed by atoms with Crippen LogP contribution in [0.3, 0.4) is 0 Å². The molecule has 1 saturated carbocycles. The number of carbonyl (C=O) groups is 1. The van der Waals surface area contributed by atoms with Crippen LogP contribution in [0.15, 0.2) is 18.3 Å². The number of carbonyl (C=O) groups excluding carboxylic acids is 1. The van der Waals surface area contributed by atoms with Crippen LogP contribution in [0, 0.1) is 11.3 Å². The lowest BCUT2D eigenvalue weighted by molar-refractivity contribution is 0.00936. The second kappa shape index (κ2) is 6.52. The highest BCUT2D eigenvalue weighted by atomic mass is 16.5. The van der Waals surface area contributed by atoms with Gasteiger partial charge in [-0.25, -0.2) is 0 Å². The van der Waals surface area contributed by atoms with Crippen molar-refractivity contribution >= 4 is 5.91 Å². The molecule has 2 aliphatic heterocycles. The van der Waals surface area contributed by atoms with Crippen molar-refractivity contribution in [2.45, 2.75) is 38.2 Å². The molecular weight excluding hydrogens is 304 g/mol. The lowest BCUT2D eigenvalue weighted by Crippen LogP contribution is -2.44. The highest BCUT2D eigenvalue weighted by Gasteiger charge is 2.43. The summed E-state index contributed by atoms with van der Waals surface area (Å²) in [5.74, 6) is 0.965. The SMILES string of the molecule is Cn1cccc1C(=O)N1CCC2(CC1)COC(COCC1CC1)C2. The van der Waals surface area contributed by atoms with Crippen molar-refractivity contribution in [3.05, 3.63) is 24.0 Å². The molecule has 4 rings (SSSR count). The van der Waals surface area contributed by atoms with E-state index in [1.807, 2.05) is 34.8 Å². The first-order valence-electron chi connectivity index (χ1n) is 9.25. The molecule has 1 aliphatic carbocycles. The Balaban J connectivity index is 1.26. The number of hydrogen-bond acceptors (Lipinski definition) is 3. The molecule has 3 aliphatic rings. The van der Waals surface area contributed by atoms with Gasteiger partial charge in [0.25, 0.3) is 5.91 Å². The van der Waals surface area contributed by atoms with E-state index in [-0.39, 0.29) is 17.4 Å². The summed E-state index contributed by atoms with van der Waals surface area (Å²) in [5, 5.41) is 0. The Kier molecular flexibility index (Phi) is 4.39. The minimum atomic E-state index is 0.153. The number of piperidine rings is 1. The number of hydrogen-bond donors (Lipinski definition) is 0. The highest BCUT2D eigenvalue weighted by molar-refractivity contribution is 5.92. The Hall–Kier alpha value is -1.33. The molecule has 132 valence electrons. The van der Waals surface area contributed by atoms with E-state index in [9.17, 15) is 4.79 Å².